The van der Waals surface area contributed by atoms with Gasteiger partial charge in [0.05, 0.1) is 31.1 Å². The lowest BCUT2D eigenvalue weighted by Gasteiger charge is -2.43. The van der Waals surface area contributed by atoms with Crippen molar-refractivity contribution in [1.29, 1.82) is 0 Å². The first-order chi connectivity index (χ1) is 25.1. The van der Waals surface area contributed by atoms with E-state index in [2.05, 4.69) is 91.2 Å². The molecule has 4 fully saturated rings. The second-order valence-corrected chi connectivity index (χ2v) is 14.3. The summed E-state index contributed by atoms with van der Waals surface area (Å²) in [5, 5.41) is 7.48. The van der Waals surface area contributed by atoms with Gasteiger partial charge in [0.15, 0.2) is 5.82 Å². The highest BCUT2D eigenvalue weighted by atomic mass is 16.7. The van der Waals surface area contributed by atoms with Crippen molar-refractivity contribution in [3.63, 3.8) is 0 Å². The zero-order valence-corrected chi connectivity index (χ0v) is 29.7. The molecule has 4 heterocycles. The fraction of sp³-hybridized carbons (Fsp3) is 0.439. The summed E-state index contributed by atoms with van der Waals surface area (Å²) in [6.45, 7) is 11.0. The number of aromatic nitrogens is 2. The molecule has 4 aromatic rings. The van der Waals surface area contributed by atoms with Crippen molar-refractivity contribution in [3.05, 3.63) is 96.5 Å². The lowest BCUT2D eigenvalue weighted by molar-refractivity contribution is -0.111. The molecular weight excluding hydrogens is 638 g/mol. The van der Waals surface area contributed by atoms with E-state index in [1.54, 1.807) is 13.4 Å². The van der Waals surface area contributed by atoms with Crippen molar-refractivity contribution in [2.24, 2.45) is 0 Å². The van der Waals surface area contributed by atoms with Gasteiger partial charge in [0.25, 0.3) is 0 Å². The smallest absolute Gasteiger partial charge is 0.247 e. The van der Waals surface area contributed by atoms with E-state index in [1.165, 1.54) is 61.4 Å². The van der Waals surface area contributed by atoms with Crippen LogP contribution in [0.5, 0.6) is 5.75 Å². The van der Waals surface area contributed by atoms with Gasteiger partial charge in [0, 0.05) is 75.6 Å². The standard InChI is InChI=1S/C41H49N7O3/c1-3-41(49)44-36-25-32(39(50-2)27-38(36)47-17-14-35(15-18-47)46-21-19-45(20-22-46)34-12-13-34)10-11-33-26-40(43-28-42-33)48-37(16-23-51-48)31-9-8-29-6-4-5-7-30(29)24-31/h3-9,24-28,34-35,37H,1,10-23H2,2H3,(H,44,49)/t37-/m1/s1. The van der Waals surface area contributed by atoms with Gasteiger partial charge in [-0.3, -0.25) is 19.4 Å². The summed E-state index contributed by atoms with van der Waals surface area (Å²) < 4.78 is 5.97. The molecule has 8 rings (SSSR count). The van der Waals surface area contributed by atoms with Crippen LogP contribution in [0.2, 0.25) is 0 Å². The molecule has 1 saturated carbocycles. The largest absolute Gasteiger partial charge is 0.496 e. The van der Waals surface area contributed by atoms with Crippen LogP contribution in [0, 0.1) is 0 Å². The summed E-state index contributed by atoms with van der Waals surface area (Å²) in [6.07, 6.45) is 10.2. The molecule has 10 nitrogen and oxygen atoms in total. The predicted octanol–water partition coefficient (Wildman–Crippen LogP) is 6.18. The number of nitrogens with one attached hydrogen (secondary N) is 1. The molecule has 1 aromatic heterocycles. The average molecular weight is 688 g/mol. The number of benzene rings is 3. The topological polar surface area (TPSA) is 86.3 Å². The molecule has 266 valence electrons. The minimum absolute atomic E-state index is 0.0728. The molecule has 4 aliphatic rings. The number of ether oxygens (including phenoxy) is 1. The average Bonchev–Trinajstić information content (AvgIpc) is 3.92. The zero-order valence-electron chi connectivity index (χ0n) is 29.7. The highest BCUT2D eigenvalue weighted by molar-refractivity contribution is 6.01. The Balaban J connectivity index is 0.958. The van der Waals surface area contributed by atoms with Crippen LogP contribution in [-0.2, 0) is 22.5 Å². The minimum atomic E-state index is -0.220. The maximum atomic E-state index is 12.6. The fourth-order valence-electron chi connectivity index (χ4n) is 8.24. The third-order valence-corrected chi connectivity index (χ3v) is 11.2. The third-order valence-electron chi connectivity index (χ3n) is 11.2. The number of anilines is 3. The van der Waals surface area contributed by atoms with Gasteiger partial charge < -0.3 is 15.0 Å². The van der Waals surface area contributed by atoms with Crippen LogP contribution < -0.4 is 20.0 Å². The summed E-state index contributed by atoms with van der Waals surface area (Å²) in [4.78, 5) is 35.8. The van der Waals surface area contributed by atoms with Crippen LogP contribution in [0.4, 0.5) is 17.2 Å². The van der Waals surface area contributed by atoms with Crippen LogP contribution in [0.15, 0.2) is 79.6 Å². The number of methoxy groups -OCH3 is 1. The summed E-state index contributed by atoms with van der Waals surface area (Å²) in [6, 6.07) is 22.8. The molecule has 1 N–H and O–H groups in total. The monoisotopic (exact) mass is 687 g/mol. The van der Waals surface area contributed by atoms with Crippen molar-refractivity contribution in [1.82, 2.24) is 19.8 Å². The van der Waals surface area contributed by atoms with Gasteiger partial charge in [0.1, 0.15) is 12.1 Å². The first-order valence-electron chi connectivity index (χ1n) is 18.7. The van der Waals surface area contributed by atoms with Gasteiger partial charge in [-0.15, -0.1) is 0 Å². The second-order valence-electron chi connectivity index (χ2n) is 14.3. The van der Waals surface area contributed by atoms with Gasteiger partial charge in [-0.1, -0.05) is 43.0 Å². The molecule has 0 unspecified atom stereocenters. The number of hydroxylamine groups is 1. The van der Waals surface area contributed by atoms with E-state index in [0.29, 0.717) is 25.5 Å². The quantitative estimate of drug-likeness (QED) is 0.186. The number of carbonyl (C=O) groups excluding carboxylic acids is 1. The maximum absolute atomic E-state index is 12.6. The maximum Gasteiger partial charge on any atom is 0.247 e. The first kappa shape index (κ1) is 33.6. The summed E-state index contributed by atoms with van der Waals surface area (Å²) in [7, 11) is 1.72. The first-order valence-corrected chi connectivity index (χ1v) is 18.7. The number of aryl methyl sites for hydroxylation is 2. The highest BCUT2D eigenvalue weighted by Crippen LogP contribution is 2.38. The van der Waals surface area contributed by atoms with Crippen LogP contribution in [0.25, 0.3) is 10.8 Å². The van der Waals surface area contributed by atoms with Gasteiger partial charge in [-0.05, 0) is 78.6 Å². The molecule has 0 spiro atoms. The molecule has 0 radical (unpaired) electrons. The van der Waals surface area contributed by atoms with Gasteiger partial charge in [-0.25, -0.2) is 15.0 Å². The number of fused-ring (bicyclic) bond motifs is 1. The van der Waals surface area contributed by atoms with Crippen LogP contribution in [-0.4, -0.2) is 90.7 Å². The number of nitrogens with zero attached hydrogens (tertiary/aromatic N) is 6. The van der Waals surface area contributed by atoms with Crippen LogP contribution in [0.1, 0.15) is 55.0 Å². The lowest BCUT2D eigenvalue weighted by atomic mass is 9.99. The van der Waals surface area contributed by atoms with Crippen LogP contribution in [0.3, 0.4) is 0 Å². The molecule has 3 saturated heterocycles. The number of hydrogen-bond acceptors (Lipinski definition) is 9. The van der Waals surface area contributed by atoms with Crippen molar-refractivity contribution < 1.29 is 14.4 Å². The SMILES string of the molecule is C=CC(=O)Nc1cc(CCc2cc(N3OCC[C@@H]3c3ccc4ccccc4c3)ncn2)c(OC)cc1N1CCC(N2CCN(C3CC3)CC2)CC1. The number of piperidine rings is 1. The Morgan fingerprint density at radius 3 is 2.35 bits per heavy atom. The zero-order chi connectivity index (χ0) is 34.7. The lowest BCUT2D eigenvalue weighted by Crippen LogP contribution is -2.53. The molecule has 51 heavy (non-hydrogen) atoms. The molecule has 1 atom stereocenters. The Morgan fingerprint density at radius 2 is 1.63 bits per heavy atom. The van der Waals surface area contributed by atoms with Gasteiger partial charge >= 0.3 is 0 Å². The Hall–Kier alpha value is -4.51. The molecule has 1 aliphatic carbocycles. The Labute approximate surface area is 301 Å². The fourth-order valence-corrected chi connectivity index (χ4v) is 8.24. The number of amides is 1. The van der Waals surface area contributed by atoms with E-state index in [-0.39, 0.29) is 11.9 Å². The molecule has 3 aromatic carbocycles. The van der Waals surface area contributed by atoms with Crippen molar-refractivity contribution in [3.8, 4) is 5.75 Å². The Bertz CT molecular complexity index is 1860. The van der Waals surface area contributed by atoms with Crippen LogP contribution >= 0.6 is 0 Å². The van der Waals surface area contributed by atoms with Gasteiger partial charge in [0.2, 0.25) is 5.91 Å². The number of carbonyl (C=O) groups is 1. The molecular formula is C41H49N7O3. The minimum Gasteiger partial charge on any atom is -0.496 e. The van der Waals surface area contributed by atoms with E-state index in [1.807, 2.05) is 11.1 Å². The van der Waals surface area contributed by atoms with Crippen molar-refractivity contribution in [2.45, 2.75) is 63.1 Å². The van der Waals surface area contributed by atoms with E-state index < -0.39 is 0 Å². The van der Waals surface area contributed by atoms with Gasteiger partial charge in [-0.2, -0.15) is 0 Å². The van der Waals surface area contributed by atoms with Crippen molar-refractivity contribution in [2.75, 3.05) is 68.3 Å². The van der Waals surface area contributed by atoms with E-state index in [4.69, 9.17) is 9.57 Å². The highest BCUT2D eigenvalue weighted by Gasteiger charge is 2.34. The molecule has 1 amide bonds. The number of rotatable bonds is 11. The van der Waals surface area contributed by atoms with E-state index in [0.717, 1.165) is 72.6 Å². The Morgan fingerprint density at radius 1 is 0.882 bits per heavy atom. The predicted molar refractivity (Wildman–Crippen MR) is 202 cm³/mol. The van der Waals surface area contributed by atoms with E-state index >= 15 is 0 Å². The second kappa shape index (κ2) is 15.0. The molecule has 0 bridgehead atoms. The molecule has 10 heteroatoms. The summed E-state index contributed by atoms with van der Waals surface area (Å²) >= 11 is 0. The third kappa shape index (κ3) is 7.45. The normalized spacial score (nSPS) is 20.5. The Kier molecular flexibility index (Phi) is 9.89. The number of piperazine rings is 1. The van der Waals surface area contributed by atoms with Crippen molar-refractivity contribution >= 4 is 33.9 Å². The summed E-state index contributed by atoms with van der Waals surface area (Å²) in [5.74, 6) is 1.35. The summed E-state index contributed by atoms with van der Waals surface area (Å²) in [5.41, 5.74) is 4.92. The number of hydrogen-bond donors (Lipinski definition) is 1. The molecule has 3 aliphatic heterocycles. The van der Waals surface area contributed by atoms with E-state index in [9.17, 15) is 4.79 Å².